The number of halogens is 3. The topological polar surface area (TPSA) is 61.8 Å². The Labute approximate surface area is 147 Å². The average molecular weight is 368 g/mol. The van der Waals surface area contributed by atoms with Crippen LogP contribution in [0.25, 0.3) is 0 Å². The Bertz CT molecular complexity index is 787. The highest BCUT2D eigenvalue weighted by Crippen LogP contribution is 2.31. The Balaban J connectivity index is 2.34. The van der Waals surface area contributed by atoms with Crippen LogP contribution in [0.3, 0.4) is 0 Å². The number of carbonyl (C=O) groups excluding carboxylic acids is 2. The molecule has 0 bridgehead atoms. The molecule has 0 saturated heterocycles. The highest BCUT2D eigenvalue weighted by atomic mass is 19.4. The van der Waals surface area contributed by atoms with Gasteiger partial charge in [0.1, 0.15) is 0 Å². The van der Waals surface area contributed by atoms with Gasteiger partial charge in [-0.3, -0.25) is 4.79 Å². The number of ketones is 1. The van der Waals surface area contributed by atoms with Crippen molar-refractivity contribution >= 4 is 11.8 Å². The van der Waals surface area contributed by atoms with Crippen molar-refractivity contribution in [3.8, 4) is 11.5 Å². The van der Waals surface area contributed by atoms with Gasteiger partial charge in [-0.05, 0) is 18.2 Å². The van der Waals surface area contributed by atoms with Crippen molar-refractivity contribution in [3.05, 3.63) is 59.7 Å². The summed E-state index contributed by atoms with van der Waals surface area (Å²) in [5.74, 6) is -2.75. The van der Waals surface area contributed by atoms with Gasteiger partial charge >= 0.3 is 12.1 Å². The molecule has 0 aliphatic heterocycles. The predicted octanol–water partition coefficient (Wildman–Crippen LogP) is 3.73. The van der Waals surface area contributed by atoms with Crippen molar-refractivity contribution < 1.29 is 37.0 Å². The summed E-state index contributed by atoms with van der Waals surface area (Å²) >= 11 is 0. The lowest BCUT2D eigenvalue weighted by atomic mass is 10.0. The van der Waals surface area contributed by atoms with Crippen molar-refractivity contribution in [1.82, 2.24) is 0 Å². The van der Waals surface area contributed by atoms with Crippen molar-refractivity contribution in [2.75, 3.05) is 14.2 Å². The quantitative estimate of drug-likeness (QED) is 0.727. The summed E-state index contributed by atoms with van der Waals surface area (Å²) in [6, 6.07) is 10.9. The number of Topliss-reactive ketones (excluding diaryl/α,β-unsaturated/α-hetero) is 1. The van der Waals surface area contributed by atoms with E-state index in [-0.39, 0.29) is 16.9 Å². The SMILES string of the molecule is COc1ccc(C(=O)OC(C(=O)C(F)(F)F)c2ccccc2)cc1OC. The molecule has 0 heterocycles. The van der Waals surface area contributed by atoms with Crippen LogP contribution < -0.4 is 9.47 Å². The maximum atomic E-state index is 12.9. The van der Waals surface area contributed by atoms with Crippen molar-refractivity contribution in [2.24, 2.45) is 0 Å². The molecule has 1 atom stereocenters. The van der Waals surface area contributed by atoms with Gasteiger partial charge in [0, 0.05) is 5.56 Å². The summed E-state index contributed by atoms with van der Waals surface area (Å²) in [5.41, 5.74) is -0.165. The summed E-state index contributed by atoms with van der Waals surface area (Å²) in [7, 11) is 2.73. The maximum absolute atomic E-state index is 12.9. The Morgan fingerprint density at radius 3 is 2.08 bits per heavy atom. The first-order valence-corrected chi connectivity index (χ1v) is 7.37. The van der Waals surface area contributed by atoms with Gasteiger partial charge in [-0.15, -0.1) is 0 Å². The zero-order valence-electron chi connectivity index (χ0n) is 13.9. The average Bonchev–Trinajstić information content (AvgIpc) is 2.64. The smallest absolute Gasteiger partial charge is 0.454 e. The van der Waals surface area contributed by atoms with Gasteiger partial charge in [0.25, 0.3) is 5.78 Å². The van der Waals surface area contributed by atoms with Gasteiger partial charge in [0.15, 0.2) is 17.6 Å². The van der Waals surface area contributed by atoms with E-state index in [0.29, 0.717) is 5.75 Å². The largest absolute Gasteiger partial charge is 0.493 e. The molecule has 1 unspecified atom stereocenters. The molecule has 0 N–H and O–H groups in total. The Kier molecular flexibility index (Phi) is 5.86. The van der Waals surface area contributed by atoms with Crippen LogP contribution in [0.15, 0.2) is 48.5 Å². The number of rotatable bonds is 6. The molecule has 0 saturated carbocycles. The number of ether oxygens (including phenoxy) is 3. The number of benzene rings is 2. The summed E-state index contributed by atoms with van der Waals surface area (Å²) < 4.78 is 53.6. The molecule has 0 fully saturated rings. The molecule has 0 aliphatic rings. The van der Waals surface area contributed by atoms with E-state index >= 15 is 0 Å². The summed E-state index contributed by atoms with van der Waals surface area (Å²) in [5, 5.41) is 0. The molecule has 5 nitrogen and oxygen atoms in total. The van der Waals surface area contributed by atoms with E-state index in [1.807, 2.05) is 0 Å². The van der Waals surface area contributed by atoms with Gasteiger partial charge in [-0.25, -0.2) is 4.79 Å². The van der Waals surface area contributed by atoms with E-state index in [9.17, 15) is 22.8 Å². The summed E-state index contributed by atoms with van der Waals surface area (Å²) in [6.07, 6.45) is -7.25. The molecule has 2 rings (SSSR count). The lowest BCUT2D eigenvalue weighted by Gasteiger charge is -2.19. The third-order valence-corrected chi connectivity index (χ3v) is 3.46. The number of methoxy groups -OCH3 is 2. The minimum absolute atomic E-state index is 0.0800. The Morgan fingerprint density at radius 2 is 1.54 bits per heavy atom. The molecule has 2 aromatic carbocycles. The second-order valence-electron chi connectivity index (χ2n) is 5.13. The monoisotopic (exact) mass is 368 g/mol. The number of esters is 1. The summed E-state index contributed by atoms with van der Waals surface area (Å²) in [4.78, 5) is 24.0. The number of hydrogen-bond acceptors (Lipinski definition) is 5. The van der Waals surface area contributed by atoms with Crippen LogP contribution in [0.4, 0.5) is 13.2 Å². The Morgan fingerprint density at radius 1 is 0.923 bits per heavy atom. The van der Waals surface area contributed by atoms with E-state index in [2.05, 4.69) is 0 Å². The van der Waals surface area contributed by atoms with E-state index in [4.69, 9.17) is 14.2 Å². The van der Waals surface area contributed by atoms with Gasteiger partial charge in [0.05, 0.1) is 19.8 Å². The number of hydrogen-bond donors (Lipinski definition) is 0. The molecule has 2 aromatic rings. The molecular weight excluding hydrogens is 353 g/mol. The normalized spacial score (nSPS) is 12.2. The van der Waals surface area contributed by atoms with Crippen LogP contribution in [0.2, 0.25) is 0 Å². The van der Waals surface area contributed by atoms with E-state index < -0.39 is 24.0 Å². The summed E-state index contributed by atoms with van der Waals surface area (Å²) in [6.45, 7) is 0. The highest BCUT2D eigenvalue weighted by Gasteiger charge is 2.46. The Hall–Kier alpha value is -3.03. The second kappa shape index (κ2) is 7.90. The zero-order valence-corrected chi connectivity index (χ0v) is 13.9. The lowest BCUT2D eigenvalue weighted by molar-refractivity contribution is -0.180. The van der Waals surface area contributed by atoms with Gasteiger partial charge in [-0.1, -0.05) is 30.3 Å². The molecular formula is C18H15F3O5. The van der Waals surface area contributed by atoms with Gasteiger partial charge < -0.3 is 14.2 Å². The first-order valence-electron chi connectivity index (χ1n) is 7.37. The van der Waals surface area contributed by atoms with Crippen LogP contribution in [0, 0.1) is 0 Å². The molecule has 138 valence electrons. The van der Waals surface area contributed by atoms with Crippen LogP contribution in [-0.4, -0.2) is 32.1 Å². The van der Waals surface area contributed by atoms with Crippen LogP contribution >= 0.6 is 0 Å². The highest BCUT2D eigenvalue weighted by molar-refractivity contribution is 5.95. The minimum atomic E-state index is -5.15. The molecule has 26 heavy (non-hydrogen) atoms. The molecule has 0 aliphatic carbocycles. The van der Waals surface area contributed by atoms with Gasteiger partial charge in [0.2, 0.25) is 0 Å². The van der Waals surface area contributed by atoms with Crippen LogP contribution in [0.1, 0.15) is 22.0 Å². The first-order chi connectivity index (χ1) is 12.3. The molecule has 0 radical (unpaired) electrons. The second-order valence-corrected chi connectivity index (χ2v) is 5.13. The number of alkyl halides is 3. The molecule has 0 amide bonds. The fraction of sp³-hybridized carbons (Fsp3) is 0.222. The molecule has 0 spiro atoms. The zero-order chi connectivity index (χ0) is 19.3. The van der Waals surface area contributed by atoms with Crippen molar-refractivity contribution in [2.45, 2.75) is 12.3 Å². The minimum Gasteiger partial charge on any atom is -0.493 e. The van der Waals surface area contributed by atoms with Gasteiger partial charge in [-0.2, -0.15) is 13.2 Å². The van der Waals surface area contributed by atoms with Crippen LogP contribution in [-0.2, 0) is 9.53 Å². The van der Waals surface area contributed by atoms with E-state index in [0.717, 1.165) is 0 Å². The fourth-order valence-electron chi connectivity index (χ4n) is 2.19. The molecule has 0 aromatic heterocycles. The first kappa shape index (κ1) is 19.3. The number of carbonyl (C=O) groups is 2. The fourth-order valence-corrected chi connectivity index (χ4v) is 2.19. The lowest BCUT2D eigenvalue weighted by Crippen LogP contribution is -2.32. The van der Waals surface area contributed by atoms with Crippen molar-refractivity contribution in [3.63, 3.8) is 0 Å². The third kappa shape index (κ3) is 4.33. The molecule has 8 heteroatoms. The van der Waals surface area contributed by atoms with Crippen LogP contribution in [0.5, 0.6) is 11.5 Å². The maximum Gasteiger partial charge on any atom is 0.454 e. The third-order valence-electron chi connectivity index (χ3n) is 3.46. The van der Waals surface area contributed by atoms with E-state index in [1.54, 1.807) is 6.07 Å². The van der Waals surface area contributed by atoms with E-state index in [1.165, 1.54) is 56.7 Å². The predicted molar refractivity (Wildman–Crippen MR) is 85.2 cm³/mol. The standard InChI is InChI=1S/C18H15F3O5/c1-24-13-9-8-12(10-14(13)25-2)17(23)26-15(16(22)18(19,20)21)11-6-4-3-5-7-11/h3-10,15H,1-2H3. The van der Waals surface area contributed by atoms with Crippen molar-refractivity contribution in [1.29, 1.82) is 0 Å².